The molecule has 0 radical (unpaired) electrons. The number of nitrogens with one attached hydrogen (secondary N) is 1. The normalized spacial score (nSPS) is 13.6. The summed E-state index contributed by atoms with van der Waals surface area (Å²) in [5.74, 6) is 5.05. The van der Waals surface area contributed by atoms with E-state index >= 15 is 0 Å². The lowest BCUT2D eigenvalue weighted by atomic mass is 10.3. The van der Waals surface area contributed by atoms with Gasteiger partial charge in [-0.05, 0) is 20.8 Å². The summed E-state index contributed by atoms with van der Waals surface area (Å²) in [5.41, 5.74) is 7.52. The van der Waals surface area contributed by atoms with Gasteiger partial charge in [0.15, 0.2) is 0 Å². The fraction of sp³-hybridized carbons (Fsp3) is 0.750. The molecular formula is C8H19N5O. The molecule has 0 spiro atoms. The highest BCUT2D eigenvalue weighted by Gasteiger charge is 2.17. The minimum absolute atomic E-state index is 0.0480. The van der Waals surface area contributed by atoms with Gasteiger partial charge < -0.3 is 10.6 Å². The summed E-state index contributed by atoms with van der Waals surface area (Å²) in [5, 5.41) is 0. The zero-order valence-corrected chi connectivity index (χ0v) is 8.95. The average Bonchev–Trinajstić information content (AvgIpc) is 2.19. The van der Waals surface area contributed by atoms with Gasteiger partial charge in [0.1, 0.15) is 6.04 Å². The van der Waals surface area contributed by atoms with Gasteiger partial charge in [-0.1, -0.05) is 0 Å². The molecule has 0 aromatic heterocycles. The van der Waals surface area contributed by atoms with Crippen molar-refractivity contribution in [3.05, 3.63) is 0 Å². The lowest BCUT2D eigenvalue weighted by Gasteiger charge is -2.20. The van der Waals surface area contributed by atoms with Crippen LogP contribution in [0.5, 0.6) is 0 Å². The molecular weight excluding hydrogens is 182 g/mol. The second-order valence-corrected chi connectivity index (χ2v) is 2.85. The maximum atomic E-state index is 11.7. The third-order valence-electron chi connectivity index (χ3n) is 1.91. The Bertz CT molecular complexity index is 212. The summed E-state index contributed by atoms with van der Waals surface area (Å²) in [6.07, 6.45) is 0. The predicted octanol–water partition coefficient (Wildman–Crippen LogP) is -0.979. The Hall–Kier alpha value is -1.30. The van der Waals surface area contributed by atoms with Gasteiger partial charge in [0.25, 0.3) is 0 Å². The third-order valence-corrected chi connectivity index (χ3v) is 1.91. The van der Waals surface area contributed by atoms with Crippen molar-refractivity contribution in [2.24, 2.45) is 16.6 Å². The van der Waals surface area contributed by atoms with Gasteiger partial charge in [0, 0.05) is 13.1 Å². The first-order chi connectivity index (χ1) is 6.56. The van der Waals surface area contributed by atoms with Gasteiger partial charge in [-0.2, -0.15) is 0 Å². The second-order valence-electron chi connectivity index (χ2n) is 2.85. The molecule has 6 nitrogen and oxygen atoms in total. The molecule has 5 N–H and O–H groups in total. The van der Waals surface area contributed by atoms with Crippen LogP contribution >= 0.6 is 0 Å². The van der Waals surface area contributed by atoms with Crippen molar-refractivity contribution in [1.82, 2.24) is 10.3 Å². The van der Waals surface area contributed by atoms with Crippen molar-refractivity contribution < 1.29 is 4.79 Å². The van der Waals surface area contributed by atoms with E-state index in [1.165, 1.54) is 0 Å². The lowest BCUT2D eigenvalue weighted by Crippen LogP contribution is -2.41. The fourth-order valence-corrected chi connectivity index (χ4v) is 1.10. The Labute approximate surface area is 84.3 Å². The van der Waals surface area contributed by atoms with Crippen molar-refractivity contribution >= 4 is 11.9 Å². The van der Waals surface area contributed by atoms with Crippen LogP contribution in [0.4, 0.5) is 0 Å². The molecule has 0 heterocycles. The molecule has 0 aliphatic carbocycles. The number of nitrogens with zero attached hydrogens (tertiary/aromatic N) is 2. The van der Waals surface area contributed by atoms with Crippen molar-refractivity contribution in [1.29, 1.82) is 0 Å². The molecule has 82 valence electrons. The minimum Gasteiger partial charge on any atom is -0.369 e. The van der Waals surface area contributed by atoms with Crippen LogP contribution in [0.25, 0.3) is 0 Å². The number of guanidine groups is 1. The molecule has 6 heteroatoms. The maximum absolute atomic E-state index is 11.7. The molecule has 0 rings (SSSR count). The van der Waals surface area contributed by atoms with E-state index in [9.17, 15) is 4.79 Å². The van der Waals surface area contributed by atoms with E-state index in [-0.39, 0.29) is 11.9 Å². The first-order valence-electron chi connectivity index (χ1n) is 4.65. The maximum Gasteiger partial charge on any atom is 0.247 e. The number of nitrogens with two attached hydrogens (primary N) is 2. The van der Waals surface area contributed by atoms with E-state index in [0.717, 1.165) is 0 Å². The van der Waals surface area contributed by atoms with Crippen molar-refractivity contribution in [3.63, 3.8) is 0 Å². The van der Waals surface area contributed by atoms with E-state index in [2.05, 4.69) is 10.4 Å². The molecule has 1 unspecified atom stereocenters. The highest BCUT2D eigenvalue weighted by molar-refractivity contribution is 5.86. The first-order valence-corrected chi connectivity index (χ1v) is 4.65. The first kappa shape index (κ1) is 12.7. The van der Waals surface area contributed by atoms with Crippen LogP contribution in [0, 0.1) is 0 Å². The van der Waals surface area contributed by atoms with Gasteiger partial charge in [-0.25, -0.2) is 10.8 Å². The molecule has 0 fully saturated rings. The summed E-state index contributed by atoms with van der Waals surface area (Å²) < 4.78 is 0. The van der Waals surface area contributed by atoms with E-state index in [4.69, 9.17) is 11.6 Å². The SMILES string of the molecule is CCN(CC)C(=O)C(C)N=C(N)NN. The Morgan fingerprint density at radius 3 is 2.36 bits per heavy atom. The molecule has 0 aromatic rings. The summed E-state index contributed by atoms with van der Waals surface area (Å²) in [4.78, 5) is 17.2. The Morgan fingerprint density at radius 2 is 2.00 bits per heavy atom. The van der Waals surface area contributed by atoms with Crippen LogP contribution in [-0.2, 0) is 4.79 Å². The average molecular weight is 201 g/mol. The molecule has 0 bridgehead atoms. The topological polar surface area (TPSA) is 96.7 Å². The standard InChI is InChI=1S/C8H19N5O/c1-4-13(5-2)7(14)6(3)11-8(9)12-10/h6H,4-5,10H2,1-3H3,(H3,9,11,12). The smallest absolute Gasteiger partial charge is 0.247 e. The molecule has 1 atom stereocenters. The molecule has 0 saturated heterocycles. The van der Waals surface area contributed by atoms with E-state index in [1.807, 2.05) is 13.8 Å². The lowest BCUT2D eigenvalue weighted by molar-refractivity contribution is -0.131. The number of carbonyl (C=O) groups is 1. The minimum atomic E-state index is -0.494. The second kappa shape index (κ2) is 6.20. The number of rotatable bonds is 4. The van der Waals surface area contributed by atoms with Crippen LogP contribution in [0.2, 0.25) is 0 Å². The van der Waals surface area contributed by atoms with Gasteiger partial charge in [-0.15, -0.1) is 0 Å². The van der Waals surface area contributed by atoms with Crippen molar-refractivity contribution in [2.75, 3.05) is 13.1 Å². The van der Waals surface area contributed by atoms with Crippen LogP contribution < -0.4 is 17.0 Å². The van der Waals surface area contributed by atoms with Crippen LogP contribution in [0.1, 0.15) is 20.8 Å². The summed E-state index contributed by atoms with van der Waals surface area (Å²) in [6, 6.07) is -0.494. The highest BCUT2D eigenvalue weighted by Crippen LogP contribution is 1.98. The van der Waals surface area contributed by atoms with Gasteiger partial charge in [-0.3, -0.25) is 10.2 Å². The fourth-order valence-electron chi connectivity index (χ4n) is 1.10. The Morgan fingerprint density at radius 1 is 1.50 bits per heavy atom. The van der Waals surface area contributed by atoms with Crippen LogP contribution in [0.3, 0.4) is 0 Å². The Balaban J connectivity index is 4.38. The summed E-state index contributed by atoms with van der Waals surface area (Å²) in [6.45, 7) is 6.87. The Kier molecular flexibility index (Phi) is 5.62. The number of amides is 1. The van der Waals surface area contributed by atoms with Gasteiger partial charge >= 0.3 is 0 Å². The predicted molar refractivity (Wildman–Crippen MR) is 56.3 cm³/mol. The van der Waals surface area contributed by atoms with Gasteiger partial charge in [0.2, 0.25) is 11.9 Å². The number of hydrogen-bond acceptors (Lipinski definition) is 3. The third kappa shape index (κ3) is 3.61. The number of carbonyl (C=O) groups excluding carboxylic acids is 1. The number of aliphatic imine (C=N–C) groups is 1. The number of hydrogen-bond donors (Lipinski definition) is 3. The monoisotopic (exact) mass is 201 g/mol. The van der Waals surface area contributed by atoms with E-state index in [0.29, 0.717) is 13.1 Å². The van der Waals surface area contributed by atoms with Crippen LogP contribution in [0.15, 0.2) is 4.99 Å². The van der Waals surface area contributed by atoms with E-state index < -0.39 is 6.04 Å². The molecule has 0 aromatic carbocycles. The molecule has 0 saturated carbocycles. The summed E-state index contributed by atoms with van der Waals surface area (Å²) >= 11 is 0. The van der Waals surface area contributed by atoms with Crippen molar-refractivity contribution in [2.45, 2.75) is 26.8 Å². The molecule has 0 aliphatic heterocycles. The van der Waals surface area contributed by atoms with Crippen LogP contribution in [-0.4, -0.2) is 35.9 Å². The quantitative estimate of drug-likeness (QED) is 0.236. The van der Waals surface area contributed by atoms with Gasteiger partial charge in [0.05, 0.1) is 0 Å². The zero-order valence-electron chi connectivity index (χ0n) is 8.95. The zero-order chi connectivity index (χ0) is 11.1. The van der Waals surface area contributed by atoms with E-state index in [1.54, 1.807) is 11.8 Å². The molecule has 0 aliphatic rings. The van der Waals surface area contributed by atoms with Crippen molar-refractivity contribution in [3.8, 4) is 0 Å². The highest BCUT2D eigenvalue weighted by atomic mass is 16.2. The largest absolute Gasteiger partial charge is 0.369 e. The number of hydrazine groups is 1. The molecule has 14 heavy (non-hydrogen) atoms. The number of likely N-dealkylation sites (N-methyl/N-ethyl adjacent to an activating group) is 1. The summed E-state index contributed by atoms with van der Waals surface area (Å²) in [7, 11) is 0. The molecule has 1 amide bonds.